The first-order valence-electron chi connectivity index (χ1n) is 10.0. The molecular formula is C22H24F3N3O3S. The minimum atomic E-state index is -4.41. The highest BCUT2D eigenvalue weighted by atomic mass is 32.2. The zero-order valence-corrected chi connectivity index (χ0v) is 18.6. The van der Waals surface area contributed by atoms with Crippen LogP contribution in [-0.2, 0) is 16.7 Å². The Labute approximate surface area is 188 Å². The average molecular weight is 468 g/mol. The molecule has 6 nitrogen and oxygen atoms in total. The van der Waals surface area contributed by atoms with Crippen molar-refractivity contribution in [3.63, 3.8) is 0 Å². The van der Waals surface area contributed by atoms with Crippen LogP contribution in [0.5, 0.6) is 5.75 Å². The molecule has 2 aromatic rings. The molecule has 1 amide bonds. The Morgan fingerprint density at radius 3 is 2.41 bits per heavy atom. The fourth-order valence-corrected chi connectivity index (χ4v) is 4.28. The number of aromatic nitrogens is 1. The summed E-state index contributed by atoms with van der Waals surface area (Å²) in [7, 11) is 1.56. The molecular weight excluding hydrogens is 443 g/mol. The van der Waals surface area contributed by atoms with E-state index in [-0.39, 0.29) is 17.4 Å². The van der Waals surface area contributed by atoms with Gasteiger partial charge < -0.3 is 14.5 Å². The number of hydrogen-bond donors (Lipinski definition) is 0. The molecule has 0 aliphatic carbocycles. The molecule has 1 saturated heterocycles. The van der Waals surface area contributed by atoms with Gasteiger partial charge in [-0.15, -0.1) is 11.8 Å². The lowest BCUT2D eigenvalue weighted by molar-refractivity contribution is -0.137. The monoisotopic (exact) mass is 467 g/mol. The van der Waals surface area contributed by atoms with Crippen LogP contribution in [0.25, 0.3) is 0 Å². The third-order valence-electron chi connectivity index (χ3n) is 5.20. The van der Waals surface area contributed by atoms with Crippen LogP contribution in [0.15, 0.2) is 36.5 Å². The maximum absolute atomic E-state index is 12.7. The van der Waals surface area contributed by atoms with Gasteiger partial charge in [-0.1, -0.05) is 0 Å². The number of carbonyl (C=O) groups is 2. The molecule has 2 heterocycles. The molecule has 1 aromatic carbocycles. The summed E-state index contributed by atoms with van der Waals surface area (Å²) in [4.78, 5) is 31.7. The first-order chi connectivity index (χ1) is 15.2. The number of pyridine rings is 1. The van der Waals surface area contributed by atoms with Crippen molar-refractivity contribution in [2.24, 2.45) is 0 Å². The molecule has 0 N–H and O–H groups in total. The number of rotatable bonds is 7. The molecule has 1 fully saturated rings. The van der Waals surface area contributed by atoms with Crippen molar-refractivity contribution in [2.75, 3.05) is 43.9 Å². The Morgan fingerprint density at radius 2 is 1.84 bits per heavy atom. The molecule has 1 aliphatic rings. The number of carbonyl (C=O) groups excluding carboxylic acids is 2. The number of alkyl halides is 3. The highest BCUT2D eigenvalue weighted by molar-refractivity contribution is 7.99. The Morgan fingerprint density at radius 1 is 1.12 bits per heavy atom. The van der Waals surface area contributed by atoms with E-state index in [0.29, 0.717) is 49.1 Å². The Balaban J connectivity index is 1.49. The summed E-state index contributed by atoms with van der Waals surface area (Å²) < 4.78 is 43.4. The zero-order valence-electron chi connectivity index (χ0n) is 17.8. The van der Waals surface area contributed by atoms with Crippen molar-refractivity contribution in [1.29, 1.82) is 0 Å². The van der Waals surface area contributed by atoms with Gasteiger partial charge in [0.05, 0.1) is 18.4 Å². The largest absolute Gasteiger partial charge is 0.496 e. The summed E-state index contributed by atoms with van der Waals surface area (Å²) in [5, 5.41) is 0. The van der Waals surface area contributed by atoms with Gasteiger partial charge in [-0.25, -0.2) is 4.98 Å². The summed E-state index contributed by atoms with van der Waals surface area (Å²) in [6.07, 6.45) is -3.58. The Hall–Kier alpha value is -2.75. The summed E-state index contributed by atoms with van der Waals surface area (Å²) >= 11 is 1.44. The molecule has 0 unspecified atom stereocenters. The Kier molecular flexibility index (Phi) is 7.65. The summed E-state index contributed by atoms with van der Waals surface area (Å²) in [5.74, 6) is 1.92. The van der Waals surface area contributed by atoms with Gasteiger partial charge in [0.2, 0.25) is 5.91 Å². The quantitative estimate of drug-likeness (QED) is 0.576. The number of hydrogen-bond acceptors (Lipinski definition) is 6. The number of halogens is 3. The first-order valence-corrected chi connectivity index (χ1v) is 11.2. The minimum Gasteiger partial charge on any atom is -0.496 e. The van der Waals surface area contributed by atoms with Crippen LogP contribution in [0.1, 0.15) is 28.4 Å². The van der Waals surface area contributed by atoms with E-state index >= 15 is 0 Å². The Bertz CT molecular complexity index is 959. The summed E-state index contributed by atoms with van der Waals surface area (Å²) in [5.41, 5.74) is 0.675. The van der Waals surface area contributed by atoms with Crippen LogP contribution < -0.4 is 9.64 Å². The average Bonchev–Trinajstić information content (AvgIpc) is 2.78. The number of piperazine rings is 1. The predicted molar refractivity (Wildman–Crippen MR) is 117 cm³/mol. The minimum absolute atomic E-state index is 0.00304. The van der Waals surface area contributed by atoms with E-state index < -0.39 is 11.7 Å². The molecule has 0 bridgehead atoms. The third kappa shape index (κ3) is 5.93. The SMILES string of the molecule is COc1ccc(C(C)=O)cc1CSCC(=O)N1CCN(c2ccc(C(F)(F)F)cn2)CC1. The predicted octanol–water partition coefficient (Wildman–Crippen LogP) is 3.89. The zero-order chi connectivity index (χ0) is 23.3. The fraction of sp³-hybridized carbons (Fsp3) is 0.409. The van der Waals surface area contributed by atoms with Crippen molar-refractivity contribution < 1.29 is 27.5 Å². The molecule has 0 spiro atoms. The van der Waals surface area contributed by atoms with E-state index in [0.717, 1.165) is 17.8 Å². The van der Waals surface area contributed by atoms with Gasteiger partial charge >= 0.3 is 6.18 Å². The van der Waals surface area contributed by atoms with Crippen LogP contribution >= 0.6 is 11.8 Å². The number of nitrogens with zero attached hydrogens (tertiary/aromatic N) is 3. The number of Topliss-reactive ketones (excluding diaryl/α,β-unsaturated/α-hetero) is 1. The van der Waals surface area contributed by atoms with Crippen LogP contribution in [0.2, 0.25) is 0 Å². The topological polar surface area (TPSA) is 62.7 Å². The lowest BCUT2D eigenvalue weighted by Crippen LogP contribution is -2.49. The van der Waals surface area contributed by atoms with Gasteiger partial charge in [0.15, 0.2) is 5.78 Å². The summed E-state index contributed by atoms with van der Waals surface area (Å²) in [6.45, 7) is 3.46. The van der Waals surface area contributed by atoms with Crippen LogP contribution in [0.4, 0.5) is 19.0 Å². The molecule has 0 radical (unpaired) electrons. The normalized spacial score (nSPS) is 14.4. The molecule has 32 heavy (non-hydrogen) atoms. The summed E-state index contributed by atoms with van der Waals surface area (Å²) in [6, 6.07) is 7.63. The highest BCUT2D eigenvalue weighted by Gasteiger charge is 2.31. The van der Waals surface area contributed by atoms with E-state index in [4.69, 9.17) is 4.74 Å². The van der Waals surface area contributed by atoms with E-state index in [1.807, 2.05) is 4.90 Å². The van der Waals surface area contributed by atoms with Crippen molar-refractivity contribution in [3.8, 4) is 5.75 Å². The lowest BCUT2D eigenvalue weighted by atomic mass is 10.1. The van der Waals surface area contributed by atoms with E-state index in [1.165, 1.54) is 24.8 Å². The fourth-order valence-electron chi connectivity index (χ4n) is 3.38. The van der Waals surface area contributed by atoms with Crippen molar-refractivity contribution >= 4 is 29.3 Å². The molecule has 1 aliphatic heterocycles. The van der Waals surface area contributed by atoms with Crippen LogP contribution in [-0.4, -0.2) is 60.6 Å². The van der Waals surface area contributed by atoms with Gasteiger partial charge in [-0.05, 0) is 37.3 Å². The van der Waals surface area contributed by atoms with Gasteiger partial charge in [0, 0.05) is 49.3 Å². The van der Waals surface area contributed by atoms with Crippen molar-refractivity contribution in [1.82, 2.24) is 9.88 Å². The van der Waals surface area contributed by atoms with Crippen LogP contribution in [0, 0.1) is 0 Å². The number of thioether (sulfide) groups is 1. The second-order valence-corrected chi connectivity index (χ2v) is 8.33. The molecule has 172 valence electrons. The number of ether oxygens (including phenoxy) is 1. The number of anilines is 1. The molecule has 3 rings (SSSR count). The maximum atomic E-state index is 12.7. The highest BCUT2D eigenvalue weighted by Crippen LogP contribution is 2.29. The number of methoxy groups -OCH3 is 1. The standard InChI is InChI=1S/C22H24F3N3O3S/c1-15(29)16-3-5-19(31-2)17(11-16)13-32-14-21(30)28-9-7-27(8-10-28)20-6-4-18(12-26-20)22(23,24)25/h3-6,11-12H,7-10,13-14H2,1-2H3. The number of benzene rings is 1. The first kappa shape index (κ1) is 23.9. The second kappa shape index (κ2) is 10.2. The van der Waals surface area contributed by atoms with Crippen molar-refractivity contribution in [2.45, 2.75) is 18.9 Å². The smallest absolute Gasteiger partial charge is 0.417 e. The number of ketones is 1. The van der Waals surface area contributed by atoms with Crippen LogP contribution in [0.3, 0.4) is 0 Å². The molecule has 1 aromatic heterocycles. The lowest BCUT2D eigenvalue weighted by Gasteiger charge is -2.35. The van der Waals surface area contributed by atoms with E-state index in [9.17, 15) is 22.8 Å². The third-order valence-corrected chi connectivity index (χ3v) is 6.17. The van der Waals surface area contributed by atoms with Gasteiger partial charge in [-0.3, -0.25) is 9.59 Å². The molecule has 10 heteroatoms. The van der Waals surface area contributed by atoms with Gasteiger partial charge in [0.25, 0.3) is 0 Å². The van der Waals surface area contributed by atoms with E-state index in [2.05, 4.69) is 4.98 Å². The van der Waals surface area contributed by atoms with Crippen molar-refractivity contribution in [3.05, 3.63) is 53.2 Å². The van der Waals surface area contributed by atoms with Gasteiger partial charge in [-0.2, -0.15) is 13.2 Å². The van der Waals surface area contributed by atoms with Gasteiger partial charge in [0.1, 0.15) is 11.6 Å². The maximum Gasteiger partial charge on any atom is 0.417 e. The molecule has 0 atom stereocenters. The molecule has 0 saturated carbocycles. The second-order valence-electron chi connectivity index (χ2n) is 7.35. The van der Waals surface area contributed by atoms with E-state index in [1.54, 1.807) is 30.2 Å². The number of amides is 1.